The van der Waals surface area contributed by atoms with Gasteiger partial charge in [-0.05, 0) is 96.7 Å². The first-order valence-corrected chi connectivity index (χ1v) is 10.5. The molecule has 0 N–H and O–H groups in total. The van der Waals surface area contributed by atoms with E-state index in [0.29, 0.717) is 5.92 Å². The molecule has 3 heteroatoms. The average Bonchev–Trinajstić information content (AvgIpc) is 2.64. The molecule has 0 saturated carbocycles. The molecule has 1 aromatic carbocycles. The Hall–Kier alpha value is -0.830. The van der Waals surface area contributed by atoms with Crippen LogP contribution in [0.15, 0.2) is 30.3 Å². The van der Waals surface area contributed by atoms with Gasteiger partial charge in [-0.2, -0.15) is 0 Å². The number of halogens is 1. The quantitative estimate of drug-likeness (QED) is 0.310. The zero-order chi connectivity index (χ0) is 17.5. The lowest BCUT2D eigenvalue weighted by Crippen LogP contribution is -2.29. The molecule has 3 unspecified atom stereocenters. The highest BCUT2D eigenvalue weighted by atomic mass is 127. The molecular weight excluding hydrogens is 423 g/mol. The third kappa shape index (κ3) is 5.57. The van der Waals surface area contributed by atoms with Crippen molar-refractivity contribution in [2.75, 3.05) is 6.61 Å². The first-order chi connectivity index (χ1) is 12.3. The van der Waals surface area contributed by atoms with Gasteiger partial charge in [0.1, 0.15) is 0 Å². The first kappa shape index (κ1) is 18.9. The van der Waals surface area contributed by atoms with E-state index in [4.69, 9.17) is 15.9 Å². The molecule has 1 aliphatic heterocycles. The van der Waals surface area contributed by atoms with Crippen LogP contribution in [0, 0.1) is 21.8 Å². The van der Waals surface area contributed by atoms with E-state index < -0.39 is 0 Å². The molecule has 1 saturated heterocycles. The van der Waals surface area contributed by atoms with Gasteiger partial charge < -0.3 is 9.47 Å². The lowest BCUT2D eigenvalue weighted by Gasteiger charge is -2.32. The van der Waals surface area contributed by atoms with E-state index in [1.165, 1.54) is 27.5 Å². The first-order valence-electron chi connectivity index (χ1n) is 9.44. The molecule has 1 aromatic rings. The largest absolute Gasteiger partial charge is 0.353 e. The van der Waals surface area contributed by atoms with E-state index in [9.17, 15) is 0 Å². The zero-order valence-electron chi connectivity index (χ0n) is 14.8. The monoisotopic (exact) mass is 450 g/mol. The molecule has 3 atom stereocenters. The van der Waals surface area contributed by atoms with Crippen LogP contribution in [0.4, 0.5) is 0 Å². The topological polar surface area (TPSA) is 18.5 Å². The van der Waals surface area contributed by atoms with Gasteiger partial charge in [0.25, 0.3) is 0 Å². The predicted molar refractivity (Wildman–Crippen MR) is 111 cm³/mol. The molecule has 0 amide bonds. The fourth-order valence-corrected chi connectivity index (χ4v) is 4.15. The van der Waals surface area contributed by atoms with Crippen molar-refractivity contribution in [3.05, 3.63) is 39.5 Å². The lowest BCUT2D eigenvalue weighted by atomic mass is 9.80. The second-order valence-corrected chi connectivity index (χ2v) is 8.22. The number of benzene rings is 1. The summed E-state index contributed by atoms with van der Waals surface area (Å²) in [6.45, 7) is 0.833. The van der Waals surface area contributed by atoms with E-state index in [1.807, 2.05) is 0 Å². The van der Waals surface area contributed by atoms with E-state index in [0.717, 1.165) is 45.1 Å². The van der Waals surface area contributed by atoms with Crippen LogP contribution in [0.3, 0.4) is 0 Å². The Morgan fingerprint density at radius 3 is 2.72 bits per heavy atom. The number of rotatable bonds is 6. The van der Waals surface area contributed by atoms with Crippen LogP contribution in [0.2, 0.25) is 0 Å². The minimum absolute atomic E-state index is 0.0223. The summed E-state index contributed by atoms with van der Waals surface area (Å²) in [6, 6.07) is 8.84. The van der Waals surface area contributed by atoms with E-state index >= 15 is 0 Å². The van der Waals surface area contributed by atoms with Crippen LogP contribution < -0.4 is 0 Å². The summed E-state index contributed by atoms with van der Waals surface area (Å²) >= 11 is 2.36. The van der Waals surface area contributed by atoms with Crippen LogP contribution >= 0.6 is 22.6 Å². The fourth-order valence-electron chi connectivity index (χ4n) is 3.79. The third-order valence-corrected chi connectivity index (χ3v) is 5.84. The van der Waals surface area contributed by atoms with Gasteiger partial charge in [-0.15, -0.1) is 12.3 Å². The van der Waals surface area contributed by atoms with Gasteiger partial charge in [-0.1, -0.05) is 18.2 Å². The molecule has 0 aromatic heterocycles. The molecule has 2 nitrogen and oxygen atoms in total. The van der Waals surface area contributed by atoms with Crippen molar-refractivity contribution in [1.29, 1.82) is 0 Å². The van der Waals surface area contributed by atoms with Gasteiger partial charge in [0.05, 0.1) is 6.10 Å². The van der Waals surface area contributed by atoms with E-state index in [-0.39, 0.29) is 12.4 Å². The van der Waals surface area contributed by atoms with Crippen molar-refractivity contribution in [3.8, 4) is 12.3 Å². The summed E-state index contributed by atoms with van der Waals surface area (Å²) < 4.78 is 13.3. The number of ether oxygens (including phenoxy) is 2. The SMILES string of the molecule is C#CCCCC1CCC(OC2CCCCO2)C=C1c1ccc(I)cc1. The van der Waals surface area contributed by atoms with E-state index in [2.05, 4.69) is 58.9 Å². The molecule has 1 heterocycles. The Bertz CT molecular complexity index is 608. The third-order valence-electron chi connectivity index (χ3n) is 5.12. The molecule has 134 valence electrons. The van der Waals surface area contributed by atoms with Crippen molar-refractivity contribution in [2.24, 2.45) is 5.92 Å². The van der Waals surface area contributed by atoms with Crippen LogP contribution in [0.25, 0.3) is 5.57 Å². The van der Waals surface area contributed by atoms with Crippen molar-refractivity contribution >= 4 is 28.2 Å². The molecular formula is C22H27IO2. The fraction of sp³-hybridized carbons (Fsp3) is 0.545. The number of unbranched alkanes of at least 4 members (excludes halogenated alkanes) is 1. The van der Waals surface area contributed by atoms with Crippen LogP contribution in [-0.4, -0.2) is 19.0 Å². The maximum absolute atomic E-state index is 6.25. The maximum atomic E-state index is 6.25. The Morgan fingerprint density at radius 1 is 1.16 bits per heavy atom. The van der Waals surface area contributed by atoms with Gasteiger partial charge >= 0.3 is 0 Å². The van der Waals surface area contributed by atoms with Gasteiger partial charge in [-0.3, -0.25) is 0 Å². The standard InChI is InChI=1S/C22H27IO2/c1-2-3-4-7-17-11-14-20(25-22-8-5-6-15-24-22)16-21(17)18-9-12-19(23)13-10-18/h1,9-10,12-13,16-17,20,22H,3-8,11,14-15H2. The maximum Gasteiger partial charge on any atom is 0.158 e. The number of terminal acetylenes is 1. The molecule has 0 radical (unpaired) electrons. The summed E-state index contributed by atoms with van der Waals surface area (Å²) in [5.74, 6) is 3.35. The molecule has 0 bridgehead atoms. The molecule has 25 heavy (non-hydrogen) atoms. The lowest BCUT2D eigenvalue weighted by molar-refractivity contribution is -0.180. The summed E-state index contributed by atoms with van der Waals surface area (Å²) in [5.41, 5.74) is 2.75. The van der Waals surface area contributed by atoms with E-state index in [1.54, 1.807) is 0 Å². The Kier molecular flexibility index (Phi) is 7.39. The molecule has 1 fully saturated rings. The predicted octanol–water partition coefficient (Wildman–Crippen LogP) is 5.80. The minimum Gasteiger partial charge on any atom is -0.353 e. The van der Waals surface area contributed by atoms with Crippen LogP contribution in [0.5, 0.6) is 0 Å². The van der Waals surface area contributed by atoms with Gasteiger partial charge in [0.15, 0.2) is 6.29 Å². The number of allylic oxidation sites excluding steroid dienone is 1. The highest BCUT2D eigenvalue weighted by Crippen LogP contribution is 2.37. The van der Waals surface area contributed by atoms with Crippen molar-refractivity contribution in [2.45, 2.75) is 63.8 Å². The van der Waals surface area contributed by atoms with Gasteiger partial charge in [0.2, 0.25) is 0 Å². The highest BCUT2D eigenvalue weighted by Gasteiger charge is 2.26. The molecule has 0 spiro atoms. The van der Waals surface area contributed by atoms with Gasteiger partial charge in [-0.25, -0.2) is 0 Å². The Labute approximate surface area is 165 Å². The number of hydrogen-bond acceptors (Lipinski definition) is 2. The summed E-state index contributed by atoms with van der Waals surface area (Å²) in [7, 11) is 0. The zero-order valence-corrected chi connectivity index (χ0v) is 16.9. The Balaban J connectivity index is 1.73. The van der Waals surface area contributed by atoms with Crippen LogP contribution in [-0.2, 0) is 9.47 Å². The second-order valence-electron chi connectivity index (χ2n) is 6.97. The van der Waals surface area contributed by atoms with Gasteiger partial charge in [0, 0.05) is 16.6 Å². The Morgan fingerprint density at radius 2 is 2.00 bits per heavy atom. The molecule has 2 aliphatic rings. The molecule has 1 aliphatic carbocycles. The van der Waals surface area contributed by atoms with Crippen molar-refractivity contribution in [3.63, 3.8) is 0 Å². The summed E-state index contributed by atoms with van der Waals surface area (Å²) in [6.07, 6.45) is 16.7. The minimum atomic E-state index is -0.0223. The second kappa shape index (κ2) is 9.75. The summed E-state index contributed by atoms with van der Waals surface area (Å²) in [5, 5.41) is 0. The number of hydrogen-bond donors (Lipinski definition) is 0. The summed E-state index contributed by atoms with van der Waals surface area (Å²) in [4.78, 5) is 0. The smallest absolute Gasteiger partial charge is 0.158 e. The van der Waals surface area contributed by atoms with Crippen molar-refractivity contribution in [1.82, 2.24) is 0 Å². The molecule has 3 rings (SSSR count). The highest BCUT2D eigenvalue weighted by molar-refractivity contribution is 14.1. The normalized spacial score (nSPS) is 26.7. The average molecular weight is 450 g/mol. The van der Waals surface area contributed by atoms with Crippen LogP contribution in [0.1, 0.15) is 56.9 Å². The van der Waals surface area contributed by atoms with Crippen molar-refractivity contribution < 1.29 is 9.47 Å².